The van der Waals surface area contributed by atoms with Gasteiger partial charge in [-0.2, -0.15) is 0 Å². The van der Waals surface area contributed by atoms with Gasteiger partial charge < -0.3 is 5.11 Å². The Bertz CT molecular complexity index is 631. The summed E-state index contributed by atoms with van der Waals surface area (Å²) in [6.07, 6.45) is 1.59. The molecule has 0 aliphatic carbocycles. The van der Waals surface area contributed by atoms with E-state index in [0.29, 0.717) is 9.92 Å². The minimum atomic E-state index is -1.21. The molecule has 0 amide bonds. The predicted octanol–water partition coefficient (Wildman–Crippen LogP) is 2.84. The number of hydrogen-bond donors (Lipinski definition) is 1. The van der Waals surface area contributed by atoms with Crippen molar-refractivity contribution in [2.24, 2.45) is 0 Å². The van der Waals surface area contributed by atoms with Crippen LogP contribution in [0.15, 0.2) is 52.5 Å². The Labute approximate surface area is 112 Å². The van der Waals surface area contributed by atoms with Crippen molar-refractivity contribution in [3.8, 4) is 0 Å². The summed E-state index contributed by atoms with van der Waals surface area (Å²) < 4.78 is 0. The molecule has 0 aliphatic rings. The van der Waals surface area contributed by atoms with Gasteiger partial charge in [0.25, 0.3) is 5.69 Å². The molecule has 0 bridgehead atoms. The van der Waals surface area contributed by atoms with Gasteiger partial charge in [0.2, 0.25) is 0 Å². The fourth-order valence-electron chi connectivity index (χ4n) is 1.41. The van der Waals surface area contributed by atoms with Crippen LogP contribution in [0.3, 0.4) is 0 Å². The SMILES string of the molecule is O=C(O)c1cc([N+](=O)[O-])ccc1Sc1ccccn1. The summed E-state index contributed by atoms with van der Waals surface area (Å²) in [7, 11) is 0. The van der Waals surface area contributed by atoms with E-state index in [0.717, 1.165) is 17.8 Å². The Morgan fingerprint density at radius 3 is 2.68 bits per heavy atom. The van der Waals surface area contributed by atoms with E-state index in [2.05, 4.69) is 4.98 Å². The first-order chi connectivity index (χ1) is 9.08. The van der Waals surface area contributed by atoms with Gasteiger partial charge >= 0.3 is 5.97 Å². The van der Waals surface area contributed by atoms with Crippen molar-refractivity contribution in [1.29, 1.82) is 0 Å². The molecule has 0 spiro atoms. The highest BCUT2D eigenvalue weighted by molar-refractivity contribution is 7.99. The van der Waals surface area contributed by atoms with Gasteiger partial charge in [-0.15, -0.1) is 0 Å². The Morgan fingerprint density at radius 2 is 2.11 bits per heavy atom. The Hall–Kier alpha value is -2.41. The molecule has 19 heavy (non-hydrogen) atoms. The molecule has 1 N–H and O–H groups in total. The van der Waals surface area contributed by atoms with Crippen molar-refractivity contribution in [2.45, 2.75) is 9.92 Å². The summed E-state index contributed by atoms with van der Waals surface area (Å²) in [5, 5.41) is 20.4. The van der Waals surface area contributed by atoms with E-state index >= 15 is 0 Å². The minimum Gasteiger partial charge on any atom is -0.478 e. The molecule has 1 aromatic carbocycles. The third-order valence-corrected chi connectivity index (χ3v) is 3.28. The Kier molecular flexibility index (Phi) is 3.76. The Morgan fingerprint density at radius 1 is 1.32 bits per heavy atom. The average Bonchev–Trinajstić information content (AvgIpc) is 2.39. The lowest BCUT2D eigenvalue weighted by atomic mass is 10.2. The minimum absolute atomic E-state index is 0.107. The smallest absolute Gasteiger partial charge is 0.337 e. The fourth-order valence-corrected chi connectivity index (χ4v) is 2.29. The number of nitrogens with zero attached hydrogens (tertiary/aromatic N) is 2. The molecule has 7 heteroatoms. The van der Waals surface area contributed by atoms with Gasteiger partial charge in [0, 0.05) is 23.2 Å². The maximum Gasteiger partial charge on any atom is 0.337 e. The fraction of sp³-hybridized carbons (Fsp3) is 0. The number of hydrogen-bond acceptors (Lipinski definition) is 5. The molecule has 0 aliphatic heterocycles. The number of pyridine rings is 1. The number of benzene rings is 1. The van der Waals surface area contributed by atoms with Crippen LogP contribution in [0.25, 0.3) is 0 Å². The van der Waals surface area contributed by atoms with E-state index in [-0.39, 0.29) is 11.3 Å². The maximum atomic E-state index is 11.1. The van der Waals surface area contributed by atoms with Crippen LogP contribution in [0.4, 0.5) is 5.69 Å². The molecule has 0 unspecified atom stereocenters. The van der Waals surface area contributed by atoms with Gasteiger partial charge in [-0.1, -0.05) is 17.8 Å². The standard InChI is InChI=1S/C12H8N2O4S/c15-12(16)9-7-8(14(17)18)4-5-10(9)19-11-3-1-2-6-13-11/h1-7H,(H,15,16). The number of carboxylic acids is 1. The van der Waals surface area contributed by atoms with E-state index in [1.807, 2.05) is 0 Å². The maximum absolute atomic E-state index is 11.1. The summed E-state index contributed by atoms with van der Waals surface area (Å²) in [6, 6.07) is 9.00. The van der Waals surface area contributed by atoms with Crippen LogP contribution in [0.1, 0.15) is 10.4 Å². The molecule has 0 radical (unpaired) electrons. The first kappa shape index (κ1) is 13.0. The van der Waals surface area contributed by atoms with Crippen LogP contribution in [-0.4, -0.2) is 21.0 Å². The molecule has 0 saturated carbocycles. The lowest BCUT2D eigenvalue weighted by Crippen LogP contribution is -2.00. The number of nitro benzene ring substituents is 1. The zero-order valence-electron chi connectivity index (χ0n) is 9.52. The molecule has 96 valence electrons. The molecule has 2 aromatic rings. The predicted molar refractivity (Wildman–Crippen MR) is 68.4 cm³/mol. The largest absolute Gasteiger partial charge is 0.478 e. The van der Waals surface area contributed by atoms with Crippen molar-refractivity contribution in [2.75, 3.05) is 0 Å². The molecule has 0 fully saturated rings. The third kappa shape index (κ3) is 3.08. The van der Waals surface area contributed by atoms with Crippen LogP contribution in [-0.2, 0) is 0 Å². The summed E-state index contributed by atoms with van der Waals surface area (Å²) in [4.78, 5) is 25.6. The van der Waals surface area contributed by atoms with Crippen molar-refractivity contribution < 1.29 is 14.8 Å². The van der Waals surface area contributed by atoms with E-state index in [1.165, 1.54) is 12.1 Å². The van der Waals surface area contributed by atoms with Crippen molar-refractivity contribution in [3.05, 3.63) is 58.3 Å². The van der Waals surface area contributed by atoms with Gasteiger partial charge in [0.1, 0.15) is 5.03 Å². The lowest BCUT2D eigenvalue weighted by Gasteiger charge is -2.04. The quantitative estimate of drug-likeness (QED) is 0.681. The summed E-state index contributed by atoms with van der Waals surface area (Å²) in [5.41, 5.74) is -0.354. The lowest BCUT2D eigenvalue weighted by molar-refractivity contribution is -0.384. The summed E-state index contributed by atoms with van der Waals surface area (Å²) in [5.74, 6) is -1.21. The van der Waals surface area contributed by atoms with Gasteiger partial charge in [-0.3, -0.25) is 10.1 Å². The highest BCUT2D eigenvalue weighted by Crippen LogP contribution is 2.31. The third-order valence-electron chi connectivity index (χ3n) is 2.26. The Balaban J connectivity index is 2.40. The molecule has 0 atom stereocenters. The first-order valence-corrected chi connectivity index (χ1v) is 6.00. The number of aromatic nitrogens is 1. The van der Waals surface area contributed by atoms with Gasteiger partial charge in [0.05, 0.1) is 10.5 Å². The number of rotatable bonds is 4. The number of aromatic carboxylic acids is 1. The zero-order valence-corrected chi connectivity index (χ0v) is 10.3. The number of non-ortho nitro benzene ring substituents is 1. The normalized spacial score (nSPS) is 10.1. The number of nitro groups is 1. The molecular weight excluding hydrogens is 268 g/mol. The molecule has 1 aromatic heterocycles. The second-order valence-corrected chi connectivity index (χ2v) is 4.57. The molecular formula is C12H8N2O4S. The second kappa shape index (κ2) is 5.49. The highest BCUT2D eigenvalue weighted by Gasteiger charge is 2.16. The van der Waals surface area contributed by atoms with Crippen LogP contribution in [0, 0.1) is 10.1 Å². The van der Waals surface area contributed by atoms with Crippen molar-refractivity contribution in [3.63, 3.8) is 0 Å². The first-order valence-electron chi connectivity index (χ1n) is 5.18. The van der Waals surface area contributed by atoms with Crippen LogP contribution < -0.4 is 0 Å². The highest BCUT2D eigenvalue weighted by atomic mass is 32.2. The van der Waals surface area contributed by atoms with Crippen LogP contribution >= 0.6 is 11.8 Å². The van der Waals surface area contributed by atoms with E-state index in [9.17, 15) is 14.9 Å². The summed E-state index contributed by atoms with van der Waals surface area (Å²) >= 11 is 1.15. The second-order valence-electron chi connectivity index (χ2n) is 3.51. The van der Waals surface area contributed by atoms with Crippen LogP contribution in [0.2, 0.25) is 0 Å². The molecule has 2 rings (SSSR count). The van der Waals surface area contributed by atoms with Gasteiger partial charge in [-0.25, -0.2) is 9.78 Å². The van der Waals surface area contributed by atoms with Gasteiger partial charge in [-0.05, 0) is 18.2 Å². The summed E-state index contributed by atoms with van der Waals surface area (Å²) in [6.45, 7) is 0. The van der Waals surface area contributed by atoms with E-state index in [1.54, 1.807) is 24.4 Å². The zero-order chi connectivity index (χ0) is 13.8. The molecule has 1 heterocycles. The van der Waals surface area contributed by atoms with E-state index in [4.69, 9.17) is 5.11 Å². The molecule has 0 saturated heterocycles. The average molecular weight is 276 g/mol. The van der Waals surface area contributed by atoms with Gasteiger partial charge in [0.15, 0.2) is 0 Å². The number of carboxylic acid groups (broad SMARTS) is 1. The van der Waals surface area contributed by atoms with E-state index < -0.39 is 10.9 Å². The van der Waals surface area contributed by atoms with Crippen molar-refractivity contribution >= 4 is 23.4 Å². The topological polar surface area (TPSA) is 93.3 Å². The van der Waals surface area contributed by atoms with Crippen molar-refractivity contribution in [1.82, 2.24) is 4.98 Å². The van der Waals surface area contributed by atoms with Crippen LogP contribution in [0.5, 0.6) is 0 Å². The monoisotopic (exact) mass is 276 g/mol. The molecule has 6 nitrogen and oxygen atoms in total. The number of carbonyl (C=O) groups is 1.